The van der Waals surface area contributed by atoms with E-state index in [2.05, 4.69) is 15.3 Å². The molecule has 0 aromatic carbocycles. The van der Waals surface area contributed by atoms with Gasteiger partial charge in [0, 0.05) is 18.1 Å². The van der Waals surface area contributed by atoms with E-state index in [4.69, 9.17) is 0 Å². The van der Waals surface area contributed by atoms with Gasteiger partial charge in [-0.1, -0.05) is 11.8 Å². The van der Waals surface area contributed by atoms with Gasteiger partial charge in [0.05, 0.1) is 0 Å². The molecule has 1 saturated heterocycles. The van der Waals surface area contributed by atoms with Crippen molar-refractivity contribution >= 4 is 11.8 Å². The predicted molar refractivity (Wildman–Crippen MR) is 53.7 cm³/mol. The summed E-state index contributed by atoms with van der Waals surface area (Å²) < 4.78 is 0. The largest absolute Gasteiger partial charge is 0.316 e. The van der Waals surface area contributed by atoms with E-state index in [1.165, 1.54) is 13.0 Å². The molecule has 2 rings (SSSR count). The summed E-state index contributed by atoms with van der Waals surface area (Å²) in [6.45, 7) is 2.32. The maximum absolute atomic E-state index is 4.17. The molecule has 0 spiro atoms. The van der Waals surface area contributed by atoms with Crippen molar-refractivity contribution in [2.24, 2.45) is 5.92 Å². The molecule has 1 aromatic rings. The van der Waals surface area contributed by atoms with Gasteiger partial charge in [-0.3, -0.25) is 0 Å². The van der Waals surface area contributed by atoms with Crippen molar-refractivity contribution in [2.75, 3.05) is 18.8 Å². The van der Waals surface area contributed by atoms with Crippen LogP contribution in [0.15, 0.2) is 23.6 Å². The topological polar surface area (TPSA) is 37.8 Å². The van der Waals surface area contributed by atoms with Gasteiger partial charge in [-0.2, -0.15) is 0 Å². The number of aromatic nitrogens is 2. The Labute approximate surface area is 82.4 Å². The van der Waals surface area contributed by atoms with Gasteiger partial charge in [0.2, 0.25) is 0 Å². The van der Waals surface area contributed by atoms with E-state index in [-0.39, 0.29) is 0 Å². The van der Waals surface area contributed by atoms with Crippen LogP contribution in [-0.2, 0) is 0 Å². The molecule has 0 amide bonds. The molecule has 2 heterocycles. The molecule has 1 aliphatic heterocycles. The Morgan fingerprint density at radius 3 is 3.00 bits per heavy atom. The van der Waals surface area contributed by atoms with Gasteiger partial charge in [-0.05, 0) is 31.5 Å². The summed E-state index contributed by atoms with van der Waals surface area (Å²) >= 11 is 1.76. The molecule has 0 aliphatic carbocycles. The third-order valence-electron chi connectivity index (χ3n) is 2.15. The molecule has 1 aliphatic rings. The molecule has 1 fully saturated rings. The molecule has 0 bridgehead atoms. The molecule has 70 valence electrons. The first-order chi connectivity index (χ1) is 6.45. The first-order valence-electron chi connectivity index (χ1n) is 4.55. The highest BCUT2D eigenvalue weighted by Gasteiger charge is 2.14. The van der Waals surface area contributed by atoms with Crippen LogP contribution in [0, 0.1) is 5.92 Å². The number of rotatable bonds is 3. The summed E-state index contributed by atoms with van der Waals surface area (Å²) in [6.07, 6.45) is 4.88. The molecule has 0 unspecified atom stereocenters. The van der Waals surface area contributed by atoms with Crippen molar-refractivity contribution in [1.82, 2.24) is 15.3 Å². The number of nitrogens with one attached hydrogen (secondary N) is 1. The lowest BCUT2D eigenvalue weighted by atomic mass is 10.2. The summed E-state index contributed by atoms with van der Waals surface area (Å²) in [5, 5.41) is 4.25. The zero-order valence-electron chi connectivity index (χ0n) is 7.44. The van der Waals surface area contributed by atoms with Crippen LogP contribution in [0.5, 0.6) is 0 Å². The second-order valence-electron chi connectivity index (χ2n) is 3.20. The number of hydrogen-bond acceptors (Lipinski definition) is 4. The van der Waals surface area contributed by atoms with Gasteiger partial charge in [-0.15, -0.1) is 0 Å². The van der Waals surface area contributed by atoms with Crippen LogP contribution in [-0.4, -0.2) is 28.8 Å². The van der Waals surface area contributed by atoms with Gasteiger partial charge >= 0.3 is 0 Å². The van der Waals surface area contributed by atoms with Crippen LogP contribution in [0.1, 0.15) is 6.42 Å². The highest BCUT2D eigenvalue weighted by atomic mass is 32.2. The quantitative estimate of drug-likeness (QED) is 0.580. The van der Waals surface area contributed by atoms with Crippen LogP contribution in [0.25, 0.3) is 0 Å². The fourth-order valence-electron chi connectivity index (χ4n) is 1.41. The number of hydrogen-bond donors (Lipinski definition) is 1. The fraction of sp³-hybridized carbons (Fsp3) is 0.556. The zero-order chi connectivity index (χ0) is 8.93. The highest BCUT2D eigenvalue weighted by Crippen LogP contribution is 2.19. The average molecular weight is 195 g/mol. The number of nitrogens with zero attached hydrogens (tertiary/aromatic N) is 2. The van der Waals surface area contributed by atoms with E-state index in [9.17, 15) is 0 Å². The lowest BCUT2D eigenvalue weighted by Crippen LogP contribution is -2.10. The van der Waals surface area contributed by atoms with E-state index in [0.717, 1.165) is 23.4 Å². The van der Waals surface area contributed by atoms with Crippen molar-refractivity contribution in [3.8, 4) is 0 Å². The van der Waals surface area contributed by atoms with Gasteiger partial charge in [0.15, 0.2) is 5.16 Å². The third-order valence-corrected chi connectivity index (χ3v) is 3.26. The Balaban J connectivity index is 1.79. The van der Waals surface area contributed by atoms with Crippen LogP contribution in [0.4, 0.5) is 0 Å². The third kappa shape index (κ3) is 2.67. The summed E-state index contributed by atoms with van der Waals surface area (Å²) in [5.41, 5.74) is 0. The van der Waals surface area contributed by atoms with Crippen LogP contribution in [0.3, 0.4) is 0 Å². The minimum absolute atomic E-state index is 0.800. The minimum atomic E-state index is 0.800. The maximum Gasteiger partial charge on any atom is 0.187 e. The number of thioether (sulfide) groups is 1. The predicted octanol–water partition coefficient (Wildman–Crippen LogP) is 1.18. The normalized spacial score (nSPS) is 22.0. The molecular formula is C9H13N3S. The van der Waals surface area contributed by atoms with Crippen LogP contribution in [0.2, 0.25) is 0 Å². The Morgan fingerprint density at radius 2 is 2.31 bits per heavy atom. The van der Waals surface area contributed by atoms with Crippen LogP contribution >= 0.6 is 11.8 Å². The Hall–Kier alpha value is -0.610. The van der Waals surface area contributed by atoms with Crippen LogP contribution < -0.4 is 5.32 Å². The van der Waals surface area contributed by atoms with Gasteiger partial charge in [0.25, 0.3) is 0 Å². The highest BCUT2D eigenvalue weighted by molar-refractivity contribution is 7.99. The van der Waals surface area contributed by atoms with Crippen molar-refractivity contribution in [3.63, 3.8) is 0 Å². The summed E-state index contributed by atoms with van der Waals surface area (Å²) in [4.78, 5) is 8.34. The average Bonchev–Trinajstić information content (AvgIpc) is 2.69. The second kappa shape index (κ2) is 4.58. The molecule has 1 aromatic heterocycles. The Kier molecular flexibility index (Phi) is 3.16. The molecule has 13 heavy (non-hydrogen) atoms. The second-order valence-corrected chi connectivity index (χ2v) is 4.19. The van der Waals surface area contributed by atoms with E-state index in [1.54, 1.807) is 24.2 Å². The fourth-order valence-corrected chi connectivity index (χ4v) is 2.35. The minimum Gasteiger partial charge on any atom is -0.316 e. The zero-order valence-corrected chi connectivity index (χ0v) is 8.26. The Morgan fingerprint density at radius 1 is 1.46 bits per heavy atom. The molecule has 0 radical (unpaired) electrons. The van der Waals surface area contributed by atoms with Crippen molar-refractivity contribution < 1.29 is 0 Å². The van der Waals surface area contributed by atoms with E-state index in [1.807, 2.05) is 6.07 Å². The smallest absolute Gasteiger partial charge is 0.187 e. The van der Waals surface area contributed by atoms with Crippen molar-refractivity contribution in [3.05, 3.63) is 18.5 Å². The molecule has 4 heteroatoms. The Bertz CT molecular complexity index is 246. The van der Waals surface area contributed by atoms with Gasteiger partial charge in [-0.25, -0.2) is 9.97 Å². The molecular weight excluding hydrogens is 182 g/mol. The molecule has 1 atom stereocenters. The van der Waals surface area contributed by atoms with Crippen molar-refractivity contribution in [2.45, 2.75) is 11.6 Å². The van der Waals surface area contributed by atoms with Gasteiger partial charge in [0.1, 0.15) is 0 Å². The van der Waals surface area contributed by atoms with Gasteiger partial charge < -0.3 is 5.32 Å². The lowest BCUT2D eigenvalue weighted by Gasteiger charge is -2.05. The molecule has 0 saturated carbocycles. The summed E-state index contributed by atoms with van der Waals surface area (Å²) in [6, 6.07) is 1.85. The van der Waals surface area contributed by atoms with Crippen molar-refractivity contribution in [1.29, 1.82) is 0 Å². The van der Waals surface area contributed by atoms with E-state index >= 15 is 0 Å². The maximum atomic E-state index is 4.17. The molecule has 1 N–H and O–H groups in total. The standard InChI is InChI=1S/C9H13N3S/c1-3-11-9(12-4-1)13-7-8-2-5-10-6-8/h1,3-4,8,10H,2,5-7H2/t8-/m0/s1. The molecule has 3 nitrogen and oxygen atoms in total. The summed E-state index contributed by atoms with van der Waals surface area (Å²) in [5.74, 6) is 1.94. The summed E-state index contributed by atoms with van der Waals surface area (Å²) in [7, 11) is 0. The van der Waals surface area contributed by atoms with E-state index in [0.29, 0.717) is 0 Å². The SMILES string of the molecule is c1cnc(SC[C@H]2CCNC2)nc1. The lowest BCUT2D eigenvalue weighted by molar-refractivity contribution is 0.661. The van der Waals surface area contributed by atoms with E-state index < -0.39 is 0 Å². The monoisotopic (exact) mass is 195 g/mol. The first-order valence-corrected chi connectivity index (χ1v) is 5.54. The first kappa shape index (κ1) is 8.97.